The van der Waals surface area contributed by atoms with Crippen molar-refractivity contribution in [1.29, 1.82) is 0 Å². The number of amides is 2. The van der Waals surface area contributed by atoms with E-state index in [1.54, 1.807) is 22.9 Å². The van der Waals surface area contributed by atoms with Gasteiger partial charge in [-0.2, -0.15) is 0 Å². The van der Waals surface area contributed by atoms with Crippen LogP contribution in [0, 0.1) is 0 Å². The summed E-state index contributed by atoms with van der Waals surface area (Å²) in [5.74, 6) is 0.00132. The fourth-order valence-corrected chi connectivity index (χ4v) is 3.80. The fourth-order valence-electron chi connectivity index (χ4n) is 3.80. The molecule has 0 atom stereocenters. The van der Waals surface area contributed by atoms with Crippen molar-refractivity contribution in [3.8, 4) is 0 Å². The zero-order valence-electron chi connectivity index (χ0n) is 15.6. The highest BCUT2D eigenvalue weighted by Gasteiger charge is 2.24. The van der Waals surface area contributed by atoms with Gasteiger partial charge in [0.25, 0.3) is 5.91 Å². The van der Waals surface area contributed by atoms with E-state index in [2.05, 4.69) is 34.1 Å². The monoisotopic (exact) mass is 364 g/mol. The van der Waals surface area contributed by atoms with Gasteiger partial charge < -0.3 is 14.7 Å². The molecular formula is C21H24N4O2. The van der Waals surface area contributed by atoms with Crippen molar-refractivity contribution in [2.24, 2.45) is 0 Å². The second-order valence-corrected chi connectivity index (χ2v) is 7.14. The van der Waals surface area contributed by atoms with E-state index in [0.717, 1.165) is 25.2 Å². The third kappa shape index (κ3) is 3.65. The highest BCUT2D eigenvalue weighted by Crippen LogP contribution is 2.24. The van der Waals surface area contributed by atoms with Crippen LogP contribution in [-0.4, -0.2) is 59.3 Å². The molecule has 0 unspecified atom stereocenters. The molecule has 2 aliphatic heterocycles. The molecule has 1 aromatic heterocycles. The summed E-state index contributed by atoms with van der Waals surface area (Å²) in [6.45, 7) is 5.70. The normalized spacial score (nSPS) is 16.9. The number of benzene rings is 1. The first-order chi connectivity index (χ1) is 13.1. The van der Waals surface area contributed by atoms with Gasteiger partial charge in [0.2, 0.25) is 5.91 Å². The third-order valence-corrected chi connectivity index (χ3v) is 5.47. The van der Waals surface area contributed by atoms with Crippen LogP contribution in [0.5, 0.6) is 0 Å². The van der Waals surface area contributed by atoms with Gasteiger partial charge in [-0.1, -0.05) is 24.3 Å². The van der Waals surface area contributed by atoms with Crippen molar-refractivity contribution in [1.82, 2.24) is 14.8 Å². The Morgan fingerprint density at radius 2 is 1.59 bits per heavy atom. The first-order valence-electron chi connectivity index (χ1n) is 9.44. The summed E-state index contributed by atoms with van der Waals surface area (Å²) >= 11 is 0. The highest BCUT2D eigenvalue weighted by molar-refractivity contribution is 5.92. The molecule has 3 heterocycles. The zero-order chi connectivity index (χ0) is 18.8. The molecular weight excluding hydrogens is 340 g/mol. The van der Waals surface area contributed by atoms with Crippen LogP contribution in [0.2, 0.25) is 0 Å². The fraction of sp³-hybridized carbons (Fsp3) is 0.381. The molecule has 2 amide bonds. The van der Waals surface area contributed by atoms with Gasteiger partial charge in [0.15, 0.2) is 0 Å². The van der Waals surface area contributed by atoms with E-state index < -0.39 is 0 Å². The van der Waals surface area contributed by atoms with Crippen molar-refractivity contribution in [3.63, 3.8) is 0 Å². The molecule has 0 spiro atoms. The van der Waals surface area contributed by atoms with Crippen molar-refractivity contribution in [2.45, 2.75) is 19.9 Å². The maximum Gasteiger partial charge on any atom is 0.272 e. The van der Waals surface area contributed by atoms with Crippen LogP contribution in [-0.2, 0) is 17.8 Å². The van der Waals surface area contributed by atoms with E-state index >= 15 is 0 Å². The number of nitrogens with zero attached hydrogens (tertiary/aromatic N) is 4. The van der Waals surface area contributed by atoms with E-state index in [1.165, 1.54) is 11.1 Å². The average molecular weight is 364 g/mol. The molecule has 27 heavy (non-hydrogen) atoms. The van der Waals surface area contributed by atoms with E-state index in [-0.39, 0.29) is 11.8 Å². The van der Waals surface area contributed by atoms with Crippen LogP contribution in [0.25, 0.3) is 0 Å². The first kappa shape index (κ1) is 17.5. The lowest BCUT2D eigenvalue weighted by atomic mass is 10.00. The number of aromatic nitrogens is 1. The van der Waals surface area contributed by atoms with E-state index in [1.807, 2.05) is 12.1 Å². The van der Waals surface area contributed by atoms with E-state index in [0.29, 0.717) is 31.9 Å². The predicted molar refractivity (Wildman–Crippen MR) is 104 cm³/mol. The van der Waals surface area contributed by atoms with Crippen LogP contribution in [0.3, 0.4) is 0 Å². The number of carbonyl (C=O) groups excluding carboxylic acids is 2. The molecule has 6 heteroatoms. The minimum atomic E-state index is -0.0614. The number of hydrogen-bond acceptors (Lipinski definition) is 4. The first-order valence-corrected chi connectivity index (χ1v) is 9.44. The van der Waals surface area contributed by atoms with Gasteiger partial charge in [-0.25, -0.2) is 4.98 Å². The predicted octanol–water partition coefficient (Wildman–Crippen LogP) is 1.95. The third-order valence-electron chi connectivity index (χ3n) is 5.47. The molecule has 4 rings (SSSR count). The maximum absolute atomic E-state index is 12.7. The van der Waals surface area contributed by atoms with Crippen LogP contribution in [0.1, 0.15) is 28.5 Å². The Labute approximate surface area is 159 Å². The van der Waals surface area contributed by atoms with Gasteiger partial charge in [-0.15, -0.1) is 0 Å². The zero-order valence-corrected chi connectivity index (χ0v) is 15.6. The molecule has 0 radical (unpaired) electrons. The minimum absolute atomic E-state index is 0.0614. The number of piperazine rings is 1. The number of pyridine rings is 1. The number of fused-ring (bicyclic) bond motifs is 1. The summed E-state index contributed by atoms with van der Waals surface area (Å²) < 4.78 is 0. The molecule has 6 nitrogen and oxygen atoms in total. The molecule has 0 aliphatic carbocycles. The lowest BCUT2D eigenvalue weighted by Crippen LogP contribution is -2.50. The van der Waals surface area contributed by atoms with Gasteiger partial charge in [0.05, 0.1) is 11.9 Å². The van der Waals surface area contributed by atoms with Crippen molar-refractivity contribution in [3.05, 3.63) is 59.4 Å². The number of rotatable bonds is 2. The van der Waals surface area contributed by atoms with Crippen LogP contribution in [0.4, 0.5) is 5.69 Å². The highest BCUT2D eigenvalue weighted by atomic mass is 16.2. The van der Waals surface area contributed by atoms with Gasteiger partial charge in [0.1, 0.15) is 5.69 Å². The maximum atomic E-state index is 12.7. The molecule has 0 saturated carbocycles. The molecule has 1 aromatic carbocycles. The number of hydrogen-bond donors (Lipinski definition) is 0. The second kappa shape index (κ2) is 7.39. The van der Waals surface area contributed by atoms with Crippen LogP contribution in [0.15, 0.2) is 42.6 Å². The molecule has 1 fully saturated rings. The summed E-state index contributed by atoms with van der Waals surface area (Å²) in [6, 6.07) is 12.3. The lowest BCUT2D eigenvalue weighted by Gasteiger charge is -2.34. The Morgan fingerprint density at radius 3 is 2.26 bits per heavy atom. The largest absolute Gasteiger partial charge is 0.366 e. The number of anilines is 1. The standard InChI is InChI=1S/C21H24N4O2/c1-16(26)23-10-12-24(13-11-23)21(27)20-7-6-19(14-22-20)25-9-8-17-4-2-3-5-18(17)15-25/h2-7,14H,8-13,15H2,1H3. The Bertz CT molecular complexity index is 842. The lowest BCUT2D eigenvalue weighted by molar-refractivity contribution is -0.130. The topological polar surface area (TPSA) is 56.8 Å². The van der Waals surface area contributed by atoms with Crippen LogP contribution >= 0.6 is 0 Å². The van der Waals surface area contributed by atoms with E-state index in [4.69, 9.17) is 0 Å². The van der Waals surface area contributed by atoms with Gasteiger partial charge in [0, 0.05) is 46.2 Å². The second-order valence-electron chi connectivity index (χ2n) is 7.14. The quantitative estimate of drug-likeness (QED) is 0.817. The summed E-state index contributed by atoms with van der Waals surface area (Å²) in [7, 11) is 0. The molecule has 0 N–H and O–H groups in total. The summed E-state index contributed by atoms with van der Waals surface area (Å²) in [5, 5.41) is 0. The smallest absolute Gasteiger partial charge is 0.272 e. The van der Waals surface area contributed by atoms with Gasteiger partial charge in [-0.3, -0.25) is 9.59 Å². The average Bonchev–Trinajstić information content (AvgIpc) is 2.73. The molecule has 140 valence electrons. The van der Waals surface area contributed by atoms with Crippen molar-refractivity contribution < 1.29 is 9.59 Å². The Morgan fingerprint density at radius 1 is 0.889 bits per heavy atom. The summed E-state index contributed by atoms with van der Waals surface area (Å²) in [4.78, 5) is 34.4. The molecule has 2 aromatic rings. The SMILES string of the molecule is CC(=O)N1CCN(C(=O)c2ccc(N3CCc4ccccc4C3)cn2)CC1. The summed E-state index contributed by atoms with van der Waals surface area (Å²) in [5.41, 5.74) is 4.28. The van der Waals surface area contributed by atoms with Gasteiger partial charge in [-0.05, 0) is 29.7 Å². The Balaban J connectivity index is 1.41. The molecule has 0 bridgehead atoms. The molecule has 1 saturated heterocycles. The Hall–Kier alpha value is -2.89. The Kier molecular flexibility index (Phi) is 4.79. The minimum Gasteiger partial charge on any atom is -0.366 e. The molecule has 2 aliphatic rings. The van der Waals surface area contributed by atoms with Crippen LogP contribution < -0.4 is 4.90 Å². The summed E-state index contributed by atoms with van der Waals surface area (Å²) in [6.07, 6.45) is 2.82. The van der Waals surface area contributed by atoms with E-state index in [9.17, 15) is 9.59 Å². The van der Waals surface area contributed by atoms with Crippen molar-refractivity contribution >= 4 is 17.5 Å². The van der Waals surface area contributed by atoms with Crippen molar-refractivity contribution in [2.75, 3.05) is 37.6 Å². The number of carbonyl (C=O) groups is 2. The van der Waals surface area contributed by atoms with Gasteiger partial charge >= 0.3 is 0 Å².